The van der Waals surface area contributed by atoms with Crippen LogP contribution in [0.5, 0.6) is 0 Å². The molecule has 2 atom stereocenters. The van der Waals surface area contributed by atoms with Crippen LogP contribution in [-0.4, -0.2) is 12.6 Å². The van der Waals surface area contributed by atoms with E-state index >= 15 is 0 Å². The lowest BCUT2D eigenvalue weighted by atomic mass is 9.89. The van der Waals surface area contributed by atoms with Gasteiger partial charge in [-0.25, -0.2) is 0 Å². The predicted octanol–water partition coefficient (Wildman–Crippen LogP) is 3.06. The number of nitrogens with one attached hydrogen (secondary N) is 1. The van der Waals surface area contributed by atoms with E-state index in [-0.39, 0.29) is 0 Å². The minimum atomic E-state index is 0.628. The third-order valence-electron chi connectivity index (χ3n) is 2.76. The van der Waals surface area contributed by atoms with E-state index in [9.17, 15) is 0 Å². The van der Waals surface area contributed by atoms with Crippen LogP contribution >= 0.6 is 0 Å². The number of hydrogen-bond acceptors (Lipinski definition) is 1. The molecular weight excluding hydrogens is 146 g/mol. The topological polar surface area (TPSA) is 12.0 Å². The Labute approximate surface area is 77.9 Å². The molecule has 0 aliphatic rings. The molecule has 0 aromatic rings. The molecule has 74 valence electrons. The van der Waals surface area contributed by atoms with Crippen LogP contribution in [0.3, 0.4) is 0 Å². The van der Waals surface area contributed by atoms with Crippen LogP contribution in [0.15, 0.2) is 0 Å². The molecule has 0 radical (unpaired) electrons. The van der Waals surface area contributed by atoms with Crippen molar-refractivity contribution in [2.24, 2.45) is 11.8 Å². The van der Waals surface area contributed by atoms with Crippen LogP contribution in [0.2, 0.25) is 0 Å². The third-order valence-corrected chi connectivity index (χ3v) is 2.76. The highest BCUT2D eigenvalue weighted by molar-refractivity contribution is 4.67. The molecule has 12 heavy (non-hydrogen) atoms. The van der Waals surface area contributed by atoms with Gasteiger partial charge < -0.3 is 5.32 Å². The molecule has 2 unspecified atom stereocenters. The molecule has 0 aliphatic carbocycles. The van der Waals surface area contributed by atoms with Crippen LogP contribution in [0.25, 0.3) is 0 Å². The van der Waals surface area contributed by atoms with Gasteiger partial charge in [0, 0.05) is 6.04 Å². The second-order valence-electron chi connectivity index (χ2n) is 4.12. The summed E-state index contributed by atoms with van der Waals surface area (Å²) in [5, 5.41) is 3.51. The van der Waals surface area contributed by atoms with Gasteiger partial charge in [0.05, 0.1) is 0 Å². The van der Waals surface area contributed by atoms with E-state index in [2.05, 4.69) is 39.9 Å². The fourth-order valence-electron chi connectivity index (χ4n) is 1.47. The quantitative estimate of drug-likeness (QED) is 0.647. The van der Waals surface area contributed by atoms with E-state index in [0.717, 1.165) is 11.8 Å². The smallest absolute Gasteiger partial charge is 0.00104 e. The first kappa shape index (κ1) is 12.0. The lowest BCUT2D eigenvalue weighted by Crippen LogP contribution is -2.31. The minimum Gasteiger partial charge on any atom is -0.314 e. The first-order valence-corrected chi connectivity index (χ1v) is 5.35. The summed E-state index contributed by atoms with van der Waals surface area (Å²) in [6.45, 7) is 12.5. The maximum Gasteiger partial charge on any atom is 0.00104 e. The van der Waals surface area contributed by atoms with E-state index in [0.29, 0.717) is 6.04 Å². The van der Waals surface area contributed by atoms with Crippen LogP contribution < -0.4 is 5.32 Å². The molecule has 0 saturated carbocycles. The highest BCUT2D eigenvalue weighted by atomic mass is 14.9. The summed E-state index contributed by atoms with van der Waals surface area (Å²) in [5.74, 6) is 1.72. The molecule has 0 heterocycles. The highest BCUT2D eigenvalue weighted by Gasteiger charge is 2.13. The van der Waals surface area contributed by atoms with E-state index in [1.807, 2.05) is 0 Å². The predicted molar refractivity (Wildman–Crippen MR) is 56.4 cm³/mol. The van der Waals surface area contributed by atoms with Crippen LogP contribution in [0, 0.1) is 11.8 Å². The summed E-state index contributed by atoms with van der Waals surface area (Å²) in [5.41, 5.74) is 0. The SMILES string of the molecule is CCC(C)C(CC)CNC(C)C. The van der Waals surface area contributed by atoms with Gasteiger partial charge in [-0.2, -0.15) is 0 Å². The minimum absolute atomic E-state index is 0.628. The Kier molecular flexibility index (Phi) is 6.45. The van der Waals surface area contributed by atoms with Crippen molar-refractivity contribution in [3.8, 4) is 0 Å². The van der Waals surface area contributed by atoms with Gasteiger partial charge in [0.15, 0.2) is 0 Å². The summed E-state index contributed by atoms with van der Waals surface area (Å²) in [6.07, 6.45) is 2.60. The van der Waals surface area contributed by atoms with Gasteiger partial charge in [0.2, 0.25) is 0 Å². The summed E-state index contributed by atoms with van der Waals surface area (Å²) in [4.78, 5) is 0. The normalized spacial score (nSPS) is 16.5. The molecule has 0 bridgehead atoms. The van der Waals surface area contributed by atoms with Crippen LogP contribution in [0.1, 0.15) is 47.5 Å². The molecule has 0 spiro atoms. The van der Waals surface area contributed by atoms with Gasteiger partial charge in [-0.05, 0) is 18.4 Å². The summed E-state index contributed by atoms with van der Waals surface area (Å²) < 4.78 is 0. The Hall–Kier alpha value is -0.0400. The molecular formula is C11H25N. The summed E-state index contributed by atoms with van der Waals surface area (Å²) in [7, 11) is 0. The van der Waals surface area contributed by atoms with Crippen molar-refractivity contribution in [1.82, 2.24) is 5.32 Å². The average molecular weight is 171 g/mol. The highest BCUT2D eigenvalue weighted by Crippen LogP contribution is 2.17. The van der Waals surface area contributed by atoms with Crippen molar-refractivity contribution >= 4 is 0 Å². The maximum absolute atomic E-state index is 3.51. The molecule has 0 fully saturated rings. The number of rotatable bonds is 6. The monoisotopic (exact) mass is 171 g/mol. The van der Waals surface area contributed by atoms with Crippen molar-refractivity contribution in [2.45, 2.75) is 53.5 Å². The Balaban J connectivity index is 3.67. The van der Waals surface area contributed by atoms with Gasteiger partial charge in [-0.15, -0.1) is 0 Å². The largest absolute Gasteiger partial charge is 0.314 e. The standard InChI is InChI=1S/C11H25N/c1-6-10(5)11(7-2)8-12-9(3)4/h9-12H,6-8H2,1-5H3. The van der Waals surface area contributed by atoms with Crippen LogP contribution in [-0.2, 0) is 0 Å². The average Bonchev–Trinajstić information content (AvgIpc) is 2.04. The fourth-order valence-corrected chi connectivity index (χ4v) is 1.47. The van der Waals surface area contributed by atoms with E-state index in [1.54, 1.807) is 0 Å². The molecule has 0 rings (SSSR count). The molecule has 1 heteroatoms. The Morgan fingerprint density at radius 2 is 1.58 bits per heavy atom. The van der Waals surface area contributed by atoms with E-state index < -0.39 is 0 Å². The van der Waals surface area contributed by atoms with Crippen molar-refractivity contribution in [1.29, 1.82) is 0 Å². The number of hydrogen-bond donors (Lipinski definition) is 1. The zero-order valence-corrected chi connectivity index (χ0v) is 9.35. The van der Waals surface area contributed by atoms with E-state index in [4.69, 9.17) is 0 Å². The first-order chi connectivity index (χ1) is 5.61. The Morgan fingerprint density at radius 1 is 1.00 bits per heavy atom. The Morgan fingerprint density at radius 3 is 1.92 bits per heavy atom. The second kappa shape index (κ2) is 6.47. The molecule has 0 aromatic carbocycles. The zero-order chi connectivity index (χ0) is 9.56. The third kappa shape index (κ3) is 4.76. The summed E-state index contributed by atoms with van der Waals surface area (Å²) >= 11 is 0. The van der Waals surface area contributed by atoms with Crippen molar-refractivity contribution in [3.05, 3.63) is 0 Å². The first-order valence-electron chi connectivity index (χ1n) is 5.35. The van der Waals surface area contributed by atoms with Gasteiger partial charge >= 0.3 is 0 Å². The molecule has 0 saturated heterocycles. The van der Waals surface area contributed by atoms with Crippen LogP contribution in [0.4, 0.5) is 0 Å². The molecule has 0 amide bonds. The molecule has 1 N–H and O–H groups in total. The fraction of sp³-hybridized carbons (Fsp3) is 1.00. The molecule has 1 nitrogen and oxygen atoms in total. The zero-order valence-electron chi connectivity index (χ0n) is 9.35. The molecule has 0 aliphatic heterocycles. The van der Waals surface area contributed by atoms with Gasteiger partial charge in [0.25, 0.3) is 0 Å². The molecule has 0 aromatic heterocycles. The van der Waals surface area contributed by atoms with Crippen molar-refractivity contribution < 1.29 is 0 Å². The summed E-state index contributed by atoms with van der Waals surface area (Å²) in [6, 6.07) is 0.628. The van der Waals surface area contributed by atoms with Gasteiger partial charge in [-0.1, -0.05) is 47.5 Å². The second-order valence-corrected chi connectivity index (χ2v) is 4.12. The lowest BCUT2D eigenvalue weighted by molar-refractivity contribution is 0.314. The van der Waals surface area contributed by atoms with Crippen molar-refractivity contribution in [3.63, 3.8) is 0 Å². The van der Waals surface area contributed by atoms with Gasteiger partial charge in [0.1, 0.15) is 0 Å². The Bertz CT molecular complexity index is 99.2. The van der Waals surface area contributed by atoms with Crippen molar-refractivity contribution in [2.75, 3.05) is 6.54 Å². The van der Waals surface area contributed by atoms with Gasteiger partial charge in [-0.3, -0.25) is 0 Å². The lowest BCUT2D eigenvalue weighted by Gasteiger charge is -2.23. The maximum atomic E-state index is 3.51. The van der Waals surface area contributed by atoms with E-state index in [1.165, 1.54) is 19.4 Å².